The number of hydrogen-bond acceptors (Lipinski definition) is 2. The molecule has 0 aliphatic rings. The van der Waals surface area contributed by atoms with Crippen molar-refractivity contribution in [1.29, 1.82) is 0 Å². The maximum Gasteiger partial charge on any atom is 0.159 e. The lowest BCUT2D eigenvalue weighted by atomic mass is 9.98. The lowest BCUT2D eigenvalue weighted by Crippen LogP contribution is -1.95. The Morgan fingerprint density at radius 3 is 2.53 bits per heavy atom. The minimum absolute atomic E-state index is 0.0126. The first kappa shape index (κ1) is 13.8. The van der Waals surface area contributed by atoms with E-state index in [0.717, 1.165) is 16.7 Å². The summed E-state index contributed by atoms with van der Waals surface area (Å²) in [5.41, 5.74) is 3.64. The molecule has 0 N–H and O–H groups in total. The fraction of sp³-hybridized carbons (Fsp3) is 0.188. The summed E-state index contributed by atoms with van der Waals surface area (Å²) in [6.45, 7) is 2.06. The first-order chi connectivity index (χ1) is 9.13. The van der Waals surface area contributed by atoms with Crippen LogP contribution in [0.25, 0.3) is 11.1 Å². The molecule has 0 radical (unpaired) electrons. The highest BCUT2D eigenvalue weighted by molar-refractivity contribution is 6.33. The Hall–Kier alpha value is -1.64. The molecule has 0 amide bonds. The van der Waals surface area contributed by atoms with Crippen LogP contribution < -0.4 is 0 Å². The molecule has 2 aromatic carbocycles. The minimum Gasteiger partial charge on any atom is -0.380 e. The number of methoxy groups -OCH3 is 1. The molecule has 3 heteroatoms. The van der Waals surface area contributed by atoms with Gasteiger partial charge in [0, 0.05) is 23.3 Å². The van der Waals surface area contributed by atoms with Crippen molar-refractivity contribution in [2.24, 2.45) is 0 Å². The molecule has 0 spiro atoms. The van der Waals surface area contributed by atoms with Gasteiger partial charge in [0.15, 0.2) is 5.78 Å². The third-order valence-electron chi connectivity index (χ3n) is 2.98. The highest BCUT2D eigenvalue weighted by Gasteiger charge is 2.10. The lowest BCUT2D eigenvalue weighted by molar-refractivity contribution is 0.101. The molecule has 0 atom stereocenters. The van der Waals surface area contributed by atoms with E-state index in [-0.39, 0.29) is 5.78 Å². The number of Topliss-reactive ketones (excluding diaryl/α,β-unsaturated/α-hetero) is 1. The summed E-state index contributed by atoms with van der Waals surface area (Å²) in [6.07, 6.45) is 0. The summed E-state index contributed by atoms with van der Waals surface area (Å²) in [5.74, 6) is 0.0126. The fourth-order valence-corrected chi connectivity index (χ4v) is 2.30. The topological polar surface area (TPSA) is 26.3 Å². The number of carbonyl (C=O) groups excluding carboxylic acids is 1. The Balaban J connectivity index is 2.50. The molecule has 0 aromatic heterocycles. The van der Waals surface area contributed by atoms with E-state index < -0.39 is 0 Å². The molecule has 0 bridgehead atoms. The largest absolute Gasteiger partial charge is 0.380 e. The van der Waals surface area contributed by atoms with E-state index in [2.05, 4.69) is 0 Å². The second-order valence-electron chi connectivity index (χ2n) is 4.34. The molecule has 0 fully saturated rings. The van der Waals surface area contributed by atoms with Crippen molar-refractivity contribution >= 4 is 17.4 Å². The van der Waals surface area contributed by atoms with Gasteiger partial charge in [-0.05, 0) is 24.1 Å². The monoisotopic (exact) mass is 274 g/mol. The molecule has 0 aliphatic heterocycles. The Morgan fingerprint density at radius 1 is 1.16 bits per heavy atom. The van der Waals surface area contributed by atoms with Gasteiger partial charge in [-0.3, -0.25) is 4.79 Å². The van der Waals surface area contributed by atoms with Crippen molar-refractivity contribution in [3.8, 4) is 11.1 Å². The summed E-state index contributed by atoms with van der Waals surface area (Å²) >= 11 is 6.29. The van der Waals surface area contributed by atoms with Gasteiger partial charge < -0.3 is 4.74 Å². The number of halogens is 1. The summed E-state index contributed by atoms with van der Waals surface area (Å²) in [7, 11) is 1.66. The molecular weight excluding hydrogens is 260 g/mol. The number of ether oxygens (including phenoxy) is 1. The lowest BCUT2D eigenvalue weighted by Gasteiger charge is -2.11. The zero-order valence-corrected chi connectivity index (χ0v) is 11.7. The fourth-order valence-electron chi connectivity index (χ4n) is 2.02. The molecule has 0 aliphatic carbocycles. The second-order valence-corrected chi connectivity index (χ2v) is 4.75. The van der Waals surface area contributed by atoms with Crippen molar-refractivity contribution in [3.05, 3.63) is 58.6 Å². The number of hydrogen-bond donors (Lipinski definition) is 0. The molecule has 19 heavy (non-hydrogen) atoms. The molecule has 2 aromatic rings. The molecule has 98 valence electrons. The van der Waals surface area contributed by atoms with Crippen LogP contribution in [0.4, 0.5) is 0 Å². The van der Waals surface area contributed by atoms with Crippen LogP contribution in [0.2, 0.25) is 5.02 Å². The minimum atomic E-state index is 0.0126. The van der Waals surface area contributed by atoms with Crippen LogP contribution in [-0.4, -0.2) is 12.9 Å². The highest BCUT2D eigenvalue weighted by Crippen LogP contribution is 2.31. The average Bonchev–Trinajstić information content (AvgIpc) is 2.40. The van der Waals surface area contributed by atoms with Crippen LogP contribution in [0.3, 0.4) is 0 Å². The first-order valence-electron chi connectivity index (χ1n) is 6.01. The maximum atomic E-state index is 11.3. The van der Waals surface area contributed by atoms with Gasteiger partial charge >= 0.3 is 0 Å². The Morgan fingerprint density at radius 2 is 1.89 bits per heavy atom. The van der Waals surface area contributed by atoms with E-state index in [9.17, 15) is 4.79 Å². The van der Waals surface area contributed by atoms with Gasteiger partial charge in [-0.25, -0.2) is 0 Å². The highest BCUT2D eigenvalue weighted by atomic mass is 35.5. The van der Waals surface area contributed by atoms with Crippen LogP contribution in [0.15, 0.2) is 42.5 Å². The van der Waals surface area contributed by atoms with Crippen molar-refractivity contribution < 1.29 is 9.53 Å². The van der Waals surface area contributed by atoms with E-state index in [0.29, 0.717) is 17.2 Å². The van der Waals surface area contributed by atoms with E-state index >= 15 is 0 Å². The smallest absolute Gasteiger partial charge is 0.159 e. The van der Waals surface area contributed by atoms with Crippen molar-refractivity contribution in [2.45, 2.75) is 13.5 Å². The average molecular weight is 275 g/mol. The summed E-state index contributed by atoms with van der Waals surface area (Å²) < 4.78 is 5.19. The zero-order valence-electron chi connectivity index (χ0n) is 10.9. The summed E-state index contributed by atoms with van der Waals surface area (Å²) in [4.78, 5) is 11.3. The molecular formula is C16H15ClO2. The zero-order chi connectivity index (χ0) is 13.8. The SMILES string of the molecule is COCc1ccccc1-c1ccc(C(C)=O)cc1Cl. The van der Waals surface area contributed by atoms with Gasteiger partial charge in [-0.2, -0.15) is 0 Å². The van der Waals surface area contributed by atoms with Gasteiger partial charge in [0.05, 0.1) is 6.61 Å². The predicted molar refractivity (Wildman–Crippen MR) is 77.6 cm³/mol. The van der Waals surface area contributed by atoms with Crippen LogP contribution >= 0.6 is 11.6 Å². The first-order valence-corrected chi connectivity index (χ1v) is 6.39. The standard InChI is InChI=1S/C16H15ClO2/c1-11(18)12-7-8-15(16(17)9-12)14-6-4-3-5-13(14)10-19-2/h3-9H,10H2,1-2H3. The van der Waals surface area contributed by atoms with Crippen LogP contribution in [0, 0.1) is 0 Å². The molecule has 0 unspecified atom stereocenters. The normalized spacial score (nSPS) is 10.5. The van der Waals surface area contributed by atoms with E-state index in [1.165, 1.54) is 6.92 Å². The van der Waals surface area contributed by atoms with Crippen molar-refractivity contribution in [3.63, 3.8) is 0 Å². The van der Waals surface area contributed by atoms with Gasteiger partial charge in [0.1, 0.15) is 0 Å². The number of ketones is 1. The van der Waals surface area contributed by atoms with Gasteiger partial charge in [0.25, 0.3) is 0 Å². The number of rotatable bonds is 4. The van der Waals surface area contributed by atoms with Gasteiger partial charge in [-0.1, -0.05) is 48.0 Å². The number of carbonyl (C=O) groups is 1. The Labute approximate surface area is 118 Å². The van der Waals surface area contributed by atoms with Crippen LogP contribution in [0.5, 0.6) is 0 Å². The third kappa shape index (κ3) is 3.03. The van der Waals surface area contributed by atoms with Gasteiger partial charge in [-0.15, -0.1) is 0 Å². The van der Waals surface area contributed by atoms with Crippen molar-refractivity contribution in [2.75, 3.05) is 7.11 Å². The second kappa shape index (κ2) is 6.00. The van der Waals surface area contributed by atoms with E-state index in [1.54, 1.807) is 19.2 Å². The number of benzene rings is 2. The molecule has 0 heterocycles. The quantitative estimate of drug-likeness (QED) is 0.775. The molecule has 0 saturated carbocycles. The van der Waals surface area contributed by atoms with Crippen molar-refractivity contribution in [1.82, 2.24) is 0 Å². The third-order valence-corrected chi connectivity index (χ3v) is 3.30. The summed E-state index contributed by atoms with van der Waals surface area (Å²) in [5, 5.41) is 0.580. The molecule has 0 saturated heterocycles. The van der Waals surface area contributed by atoms with Crippen LogP contribution in [-0.2, 0) is 11.3 Å². The summed E-state index contributed by atoms with van der Waals surface area (Å²) in [6, 6.07) is 13.3. The predicted octanol–water partition coefficient (Wildman–Crippen LogP) is 4.36. The van der Waals surface area contributed by atoms with E-state index in [1.807, 2.05) is 30.3 Å². The van der Waals surface area contributed by atoms with E-state index in [4.69, 9.17) is 16.3 Å². The molecule has 2 nitrogen and oxygen atoms in total. The molecule has 2 rings (SSSR count). The maximum absolute atomic E-state index is 11.3. The van der Waals surface area contributed by atoms with Crippen LogP contribution in [0.1, 0.15) is 22.8 Å². The Kier molecular flexibility index (Phi) is 4.35. The van der Waals surface area contributed by atoms with Gasteiger partial charge in [0.2, 0.25) is 0 Å². The Bertz CT molecular complexity index is 605.